The van der Waals surface area contributed by atoms with E-state index < -0.39 is 6.10 Å². The molecule has 0 aliphatic heterocycles. The van der Waals surface area contributed by atoms with Gasteiger partial charge in [-0.2, -0.15) is 5.10 Å². The van der Waals surface area contributed by atoms with Gasteiger partial charge in [0.2, 0.25) is 0 Å². The average Bonchev–Trinajstić information content (AvgIpc) is 2.96. The van der Waals surface area contributed by atoms with Gasteiger partial charge in [-0.1, -0.05) is 26.7 Å². The van der Waals surface area contributed by atoms with Gasteiger partial charge in [0.1, 0.15) is 11.8 Å². The van der Waals surface area contributed by atoms with Crippen molar-refractivity contribution < 1.29 is 9.84 Å². The molecule has 0 spiro atoms. The average molecular weight is 252 g/mol. The first kappa shape index (κ1) is 13.4. The number of aryl methyl sites for hydroxylation is 1. The molecule has 1 unspecified atom stereocenters. The Morgan fingerprint density at radius 2 is 2.17 bits per heavy atom. The van der Waals surface area contributed by atoms with Crippen molar-refractivity contribution in [3.8, 4) is 5.75 Å². The van der Waals surface area contributed by atoms with Gasteiger partial charge in [-0.25, -0.2) is 0 Å². The second kappa shape index (κ2) is 5.31. The molecule has 0 aromatic carbocycles. The Balaban J connectivity index is 2.32. The summed E-state index contributed by atoms with van der Waals surface area (Å²) in [7, 11) is 1.64. The van der Waals surface area contributed by atoms with Crippen molar-refractivity contribution in [2.45, 2.75) is 58.6 Å². The Morgan fingerprint density at radius 1 is 1.50 bits per heavy atom. The molecule has 1 aromatic heterocycles. The van der Waals surface area contributed by atoms with E-state index in [0.29, 0.717) is 5.75 Å². The van der Waals surface area contributed by atoms with Crippen molar-refractivity contribution in [3.63, 3.8) is 0 Å². The topological polar surface area (TPSA) is 47.3 Å². The number of nitrogens with zero attached hydrogens (tertiary/aromatic N) is 2. The minimum absolute atomic E-state index is 0.0290. The molecule has 102 valence electrons. The Kier molecular flexibility index (Phi) is 3.95. The minimum atomic E-state index is -0.482. The van der Waals surface area contributed by atoms with Crippen molar-refractivity contribution >= 4 is 0 Å². The molecule has 1 aliphatic rings. The number of aromatic nitrogens is 2. The van der Waals surface area contributed by atoms with Crippen LogP contribution in [-0.2, 0) is 6.54 Å². The molecular weight excluding hydrogens is 228 g/mol. The Hall–Kier alpha value is -1.03. The third-order valence-corrected chi connectivity index (χ3v) is 4.17. The Morgan fingerprint density at radius 3 is 2.72 bits per heavy atom. The van der Waals surface area contributed by atoms with Crippen LogP contribution in [0.4, 0.5) is 0 Å². The van der Waals surface area contributed by atoms with Crippen molar-refractivity contribution in [1.82, 2.24) is 9.78 Å². The SMILES string of the molecule is CCCn1ncc(OC)c1C(O)C1(C)CCCC1. The molecule has 1 N–H and O–H groups in total. The molecule has 2 rings (SSSR count). The highest BCUT2D eigenvalue weighted by Gasteiger charge is 2.39. The summed E-state index contributed by atoms with van der Waals surface area (Å²) in [4.78, 5) is 0. The highest BCUT2D eigenvalue weighted by molar-refractivity contribution is 5.29. The van der Waals surface area contributed by atoms with Crippen LogP contribution in [0.5, 0.6) is 5.75 Å². The fraction of sp³-hybridized carbons (Fsp3) is 0.786. The molecule has 4 heteroatoms. The van der Waals surface area contributed by atoms with E-state index in [0.717, 1.165) is 31.5 Å². The first-order chi connectivity index (χ1) is 8.62. The van der Waals surface area contributed by atoms with Gasteiger partial charge >= 0.3 is 0 Å². The molecule has 1 heterocycles. The molecule has 1 saturated carbocycles. The van der Waals surface area contributed by atoms with Crippen molar-refractivity contribution in [3.05, 3.63) is 11.9 Å². The fourth-order valence-electron chi connectivity index (χ4n) is 2.99. The lowest BCUT2D eigenvalue weighted by atomic mass is 9.81. The maximum Gasteiger partial charge on any atom is 0.162 e. The Bertz CT molecular complexity index is 394. The number of hydrogen-bond acceptors (Lipinski definition) is 3. The third-order valence-electron chi connectivity index (χ3n) is 4.17. The standard InChI is InChI=1S/C14H24N2O2/c1-4-9-16-12(11(18-3)10-15-16)13(17)14(2)7-5-6-8-14/h10,13,17H,4-9H2,1-3H3. The van der Waals surface area contributed by atoms with Crippen molar-refractivity contribution in [2.24, 2.45) is 5.41 Å². The minimum Gasteiger partial charge on any atom is -0.493 e. The van der Waals surface area contributed by atoms with Crippen LogP contribution < -0.4 is 4.74 Å². The van der Waals surface area contributed by atoms with Gasteiger partial charge in [-0.3, -0.25) is 4.68 Å². The first-order valence-corrected chi connectivity index (χ1v) is 6.90. The molecule has 18 heavy (non-hydrogen) atoms. The lowest BCUT2D eigenvalue weighted by Gasteiger charge is -2.30. The second-order valence-electron chi connectivity index (χ2n) is 5.59. The van der Waals surface area contributed by atoms with Gasteiger partial charge in [0.05, 0.1) is 13.3 Å². The molecule has 1 aromatic rings. The predicted molar refractivity (Wildman–Crippen MR) is 70.6 cm³/mol. The van der Waals surface area contributed by atoms with Crippen molar-refractivity contribution in [2.75, 3.05) is 7.11 Å². The highest BCUT2D eigenvalue weighted by Crippen LogP contribution is 2.48. The van der Waals surface area contributed by atoms with Crippen LogP contribution >= 0.6 is 0 Å². The van der Waals surface area contributed by atoms with Crippen LogP contribution in [0.25, 0.3) is 0 Å². The van der Waals surface area contributed by atoms with Crippen molar-refractivity contribution in [1.29, 1.82) is 0 Å². The molecule has 0 saturated heterocycles. The van der Waals surface area contributed by atoms with Gasteiger partial charge in [-0.15, -0.1) is 0 Å². The number of aliphatic hydroxyl groups is 1. The van der Waals surface area contributed by atoms with Gasteiger partial charge < -0.3 is 9.84 Å². The van der Waals surface area contributed by atoms with Crippen LogP contribution in [0.2, 0.25) is 0 Å². The van der Waals surface area contributed by atoms with E-state index in [4.69, 9.17) is 4.74 Å². The second-order valence-corrected chi connectivity index (χ2v) is 5.59. The monoisotopic (exact) mass is 252 g/mol. The zero-order valence-electron chi connectivity index (χ0n) is 11.6. The summed E-state index contributed by atoms with van der Waals surface area (Å²) in [6.45, 7) is 5.11. The van der Waals surface area contributed by atoms with Gasteiger partial charge in [-0.05, 0) is 24.7 Å². The van der Waals surface area contributed by atoms with E-state index in [1.807, 2.05) is 4.68 Å². The number of aliphatic hydroxyl groups excluding tert-OH is 1. The first-order valence-electron chi connectivity index (χ1n) is 6.90. The summed E-state index contributed by atoms with van der Waals surface area (Å²) >= 11 is 0. The summed E-state index contributed by atoms with van der Waals surface area (Å²) < 4.78 is 7.25. The smallest absolute Gasteiger partial charge is 0.162 e. The maximum atomic E-state index is 10.7. The van der Waals surface area contributed by atoms with Crippen LogP contribution in [0.15, 0.2) is 6.20 Å². The summed E-state index contributed by atoms with van der Waals surface area (Å²) in [5.74, 6) is 0.712. The summed E-state index contributed by atoms with van der Waals surface area (Å²) in [5, 5.41) is 15.1. The molecule has 0 amide bonds. The highest BCUT2D eigenvalue weighted by atomic mass is 16.5. The molecule has 1 atom stereocenters. The lowest BCUT2D eigenvalue weighted by molar-refractivity contribution is 0.0314. The molecule has 0 bridgehead atoms. The molecule has 1 fully saturated rings. The van der Waals surface area contributed by atoms with Gasteiger partial charge in [0.25, 0.3) is 0 Å². The van der Waals surface area contributed by atoms with Gasteiger partial charge in [0, 0.05) is 6.54 Å². The summed E-state index contributed by atoms with van der Waals surface area (Å²) in [6.07, 6.45) is 6.80. The van der Waals surface area contributed by atoms with E-state index in [2.05, 4.69) is 18.9 Å². The normalized spacial score (nSPS) is 20.0. The number of methoxy groups -OCH3 is 1. The maximum absolute atomic E-state index is 10.7. The van der Waals surface area contributed by atoms with Crippen LogP contribution in [-0.4, -0.2) is 22.0 Å². The largest absolute Gasteiger partial charge is 0.493 e. The summed E-state index contributed by atoms with van der Waals surface area (Å²) in [5.41, 5.74) is 0.822. The number of rotatable bonds is 5. The van der Waals surface area contributed by atoms with Crippen LogP contribution in [0.1, 0.15) is 57.7 Å². The molecule has 0 radical (unpaired) electrons. The molecule has 4 nitrogen and oxygen atoms in total. The molecule has 1 aliphatic carbocycles. The Labute approximate surface area is 109 Å². The van der Waals surface area contributed by atoms with E-state index in [1.54, 1.807) is 13.3 Å². The summed E-state index contributed by atoms with van der Waals surface area (Å²) in [6, 6.07) is 0. The van der Waals surface area contributed by atoms with Crippen LogP contribution in [0.3, 0.4) is 0 Å². The number of ether oxygens (including phenoxy) is 1. The van der Waals surface area contributed by atoms with Gasteiger partial charge in [0.15, 0.2) is 5.75 Å². The van der Waals surface area contributed by atoms with E-state index in [1.165, 1.54) is 12.8 Å². The fourth-order valence-corrected chi connectivity index (χ4v) is 2.99. The quantitative estimate of drug-likeness (QED) is 0.876. The third kappa shape index (κ3) is 2.26. The zero-order chi connectivity index (χ0) is 13.2. The van der Waals surface area contributed by atoms with Crippen LogP contribution in [0, 0.1) is 5.41 Å². The zero-order valence-corrected chi connectivity index (χ0v) is 11.6. The van der Waals surface area contributed by atoms with E-state index in [-0.39, 0.29) is 5.41 Å². The predicted octanol–water partition coefficient (Wildman–Crippen LogP) is 2.92. The van der Waals surface area contributed by atoms with E-state index in [9.17, 15) is 5.11 Å². The molecular formula is C14H24N2O2. The van der Waals surface area contributed by atoms with E-state index >= 15 is 0 Å². The lowest BCUT2D eigenvalue weighted by Crippen LogP contribution is -2.25. The number of hydrogen-bond donors (Lipinski definition) is 1.